The van der Waals surface area contributed by atoms with Crippen molar-refractivity contribution < 1.29 is 9.59 Å². The molecule has 0 aliphatic heterocycles. The molecule has 0 saturated heterocycles. The van der Waals surface area contributed by atoms with Gasteiger partial charge in [0.15, 0.2) is 0 Å². The lowest BCUT2D eigenvalue weighted by atomic mass is 10.1. The van der Waals surface area contributed by atoms with Crippen LogP contribution >= 0.6 is 0 Å². The van der Waals surface area contributed by atoms with Crippen LogP contribution < -0.4 is 11.1 Å². The molecule has 0 aromatic heterocycles. The molecule has 0 heterocycles. The molecule has 1 unspecified atom stereocenters. The summed E-state index contributed by atoms with van der Waals surface area (Å²) in [6.07, 6.45) is 0.508. The zero-order valence-corrected chi connectivity index (χ0v) is 6.89. The molecule has 4 nitrogen and oxygen atoms in total. The summed E-state index contributed by atoms with van der Waals surface area (Å²) in [5, 5.41) is 2.60. The lowest BCUT2D eigenvalue weighted by Gasteiger charge is -2.04. The van der Waals surface area contributed by atoms with Crippen molar-refractivity contribution in [3.8, 4) is 0 Å². The van der Waals surface area contributed by atoms with Crippen LogP contribution in [-0.2, 0) is 9.59 Å². The Kier molecular flexibility index (Phi) is 4.65. The zero-order chi connectivity index (χ0) is 8.85. The van der Waals surface area contributed by atoms with E-state index in [1.54, 1.807) is 14.0 Å². The minimum absolute atomic E-state index is 0.0759. The maximum atomic E-state index is 10.9. The van der Waals surface area contributed by atoms with Gasteiger partial charge < -0.3 is 11.1 Å². The van der Waals surface area contributed by atoms with Gasteiger partial charge in [0.2, 0.25) is 11.6 Å². The molecule has 0 radical (unpaired) electrons. The minimum Gasteiger partial charge on any atom is -0.321 e. The van der Waals surface area contributed by atoms with E-state index in [1.807, 2.05) is 0 Å². The van der Waals surface area contributed by atoms with Crippen LogP contribution in [0.15, 0.2) is 0 Å². The fourth-order valence-electron chi connectivity index (χ4n) is 0.640. The SMILES string of the molecule is CCC(N)C(=O)C(=O)CNC. The van der Waals surface area contributed by atoms with Gasteiger partial charge in [0.05, 0.1) is 12.6 Å². The van der Waals surface area contributed by atoms with Gasteiger partial charge in [-0.15, -0.1) is 0 Å². The lowest BCUT2D eigenvalue weighted by Crippen LogP contribution is -2.39. The van der Waals surface area contributed by atoms with E-state index >= 15 is 0 Å². The topological polar surface area (TPSA) is 72.2 Å². The molecular weight excluding hydrogens is 144 g/mol. The van der Waals surface area contributed by atoms with Crippen LogP contribution in [0.5, 0.6) is 0 Å². The van der Waals surface area contributed by atoms with Gasteiger partial charge in [-0.1, -0.05) is 6.92 Å². The number of hydrogen-bond acceptors (Lipinski definition) is 4. The highest BCUT2D eigenvalue weighted by molar-refractivity contribution is 6.39. The van der Waals surface area contributed by atoms with Gasteiger partial charge in [-0.3, -0.25) is 9.59 Å². The van der Waals surface area contributed by atoms with Gasteiger partial charge in [-0.25, -0.2) is 0 Å². The van der Waals surface area contributed by atoms with Crippen molar-refractivity contribution in [1.29, 1.82) is 0 Å². The van der Waals surface area contributed by atoms with Crippen LogP contribution in [0.1, 0.15) is 13.3 Å². The monoisotopic (exact) mass is 158 g/mol. The summed E-state index contributed by atoms with van der Waals surface area (Å²) in [5.74, 6) is -0.927. The van der Waals surface area contributed by atoms with Gasteiger partial charge in [-0.2, -0.15) is 0 Å². The van der Waals surface area contributed by atoms with Crippen molar-refractivity contribution in [1.82, 2.24) is 5.32 Å². The van der Waals surface area contributed by atoms with Crippen molar-refractivity contribution in [2.45, 2.75) is 19.4 Å². The second kappa shape index (κ2) is 4.98. The van der Waals surface area contributed by atoms with Crippen LogP contribution in [0.4, 0.5) is 0 Å². The Morgan fingerprint density at radius 3 is 2.45 bits per heavy atom. The molecule has 0 aliphatic carbocycles. The molecule has 64 valence electrons. The Bertz CT molecular complexity index is 157. The average Bonchev–Trinajstić information content (AvgIpc) is 2.02. The number of carbonyl (C=O) groups excluding carboxylic acids is 2. The number of carbonyl (C=O) groups is 2. The molecule has 0 aromatic rings. The third-order valence-electron chi connectivity index (χ3n) is 1.39. The molecule has 0 fully saturated rings. The highest BCUT2D eigenvalue weighted by Gasteiger charge is 2.18. The van der Waals surface area contributed by atoms with Crippen LogP contribution in [-0.4, -0.2) is 31.2 Å². The van der Waals surface area contributed by atoms with E-state index < -0.39 is 17.6 Å². The van der Waals surface area contributed by atoms with Gasteiger partial charge in [0, 0.05) is 0 Å². The Labute approximate surface area is 66.1 Å². The first-order chi connectivity index (χ1) is 5.13. The number of ketones is 2. The first-order valence-electron chi connectivity index (χ1n) is 3.60. The number of likely N-dealkylation sites (N-methyl/N-ethyl adjacent to an activating group) is 1. The van der Waals surface area contributed by atoms with Gasteiger partial charge >= 0.3 is 0 Å². The Hall–Kier alpha value is -0.740. The highest BCUT2D eigenvalue weighted by atomic mass is 16.2. The molecular formula is C7H14N2O2. The number of Topliss-reactive ketones (excluding diaryl/α,β-unsaturated/α-hetero) is 2. The molecule has 0 spiro atoms. The maximum absolute atomic E-state index is 10.9. The summed E-state index contributed by atoms with van der Waals surface area (Å²) in [5.41, 5.74) is 5.35. The number of hydrogen-bond donors (Lipinski definition) is 2. The van der Waals surface area contributed by atoms with Crippen LogP contribution in [0, 0.1) is 0 Å². The Morgan fingerprint density at radius 2 is 2.09 bits per heavy atom. The third kappa shape index (κ3) is 3.25. The minimum atomic E-state index is -0.629. The second-order valence-corrected chi connectivity index (χ2v) is 2.33. The van der Waals surface area contributed by atoms with E-state index in [1.165, 1.54) is 0 Å². The first kappa shape index (κ1) is 10.3. The normalized spacial score (nSPS) is 12.6. The van der Waals surface area contributed by atoms with Crippen molar-refractivity contribution in [3.63, 3.8) is 0 Å². The lowest BCUT2D eigenvalue weighted by molar-refractivity contribution is -0.136. The zero-order valence-electron chi connectivity index (χ0n) is 6.89. The molecule has 11 heavy (non-hydrogen) atoms. The highest BCUT2D eigenvalue weighted by Crippen LogP contribution is 1.89. The van der Waals surface area contributed by atoms with Gasteiger partial charge in [-0.05, 0) is 13.5 Å². The molecule has 0 rings (SSSR count). The quantitative estimate of drug-likeness (QED) is 0.508. The molecule has 4 heteroatoms. The molecule has 0 amide bonds. The summed E-state index contributed by atoms with van der Waals surface area (Å²) >= 11 is 0. The van der Waals surface area contributed by atoms with Crippen molar-refractivity contribution in [3.05, 3.63) is 0 Å². The Balaban J connectivity index is 3.92. The standard InChI is InChI=1S/C7H14N2O2/c1-3-5(8)7(11)6(10)4-9-2/h5,9H,3-4,8H2,1-2H3. The molecule has 3 N–H and O–H groups in total. The van der Waals surface area contributed by atoms with Crippen LogP contribution in [0.2, 0.25) is 0 Å². The molecule has 1 atom stereocenters. The fourth-order valence-corrected chi connectivity index (χ4v) is 0.640. The summed E-state index contributed by atoms with van der Waals surface area (Å²) < 4.78 is 0. The van der Waals surface area contributed by atoms with Crippen LogP contribution in [0.25, 0.3) is 0 Å². The second-order valence-electron chi connectivity index (χ2n) is 2.33. The maximum Gasteiger partial charge on any atom is 0.216 e. The van der Waals surface area contributed by atoms with Gasteiger partial charge in [0.1, 0.15) is 0 Å². The Morgan fingerprint density at radius 1 is 1.55 bits per heavy atom. The largest absolute Gasteiger partial charge is 0.321 e. The smallest absolute Gasteiger partial charge is 0.216 e. The first-order valence-corrected chi connectivity index (χ1v) is 3.60. The van der Waals surface area contributed by atoms with E-state index in [0.29, 0.717) is 6.42 Å². The predicted octanol–water partition coefficient (Wildman–Crippen LogP) is -0.919. The van der Waals surface area contributed by atoms with E-state index in [2.05, 4.69) is 5.32 Å². The summed E-state index contributed by atoms with van der Waals surface area (Å²) in [6.45, 7) is 1.85. The van der Waals surface area contributed by atoms with Gasteiger partial charge in [0.25, 0.3) is 0 Å². The molecule has 0 aromatic carbocycles. The predicted molar refractivity (Wildman–Crippen MR) is 42.2 cm³/mol. The number of rotatable bonds is 5. The van der Waals surface area contributed by atoms with Crippen molar-refractivity contribution in [2.24, 2.45) is 5.73 Å². The number of nitrogens with one attached hydrogen (secondary N) is 1. The molecule has 0 aliphatic rings. The van der Waals surface area contributed by atoms with Crippen molar-refractivity contribution in [2.75, 3.05) is 13.6 Å². The fraction of sp³-hybridized carbons (Fsp3) is 0.714. The van der Waals surface area contributed by atoms with E-state index in [9.17, 15) is 9.59 Å². The average molecular weight is 158 g/mol. The number of nitrogens with two attached hydrogens (primary N) is 1. The van der Waals surface area contributed by atoms with E-state index in [0.717, 1.165) is 0 Å². The van der Waals surface area contributed by atoms with Crippen molar-refractivity contribution >= 4 is 11.6 Å². The summed E-state index contributed by atoms with van der Waals surface area (Å²) in [7, 11) is 1.61. The molecule has 0 bridgehead atoms. The summed E-state index contributed by atoms with van der Waals surface area (Å²) in [6, 6.07) is -0.629. The van der Waals surface area contributed by atoms with E-state index in [-0.39, 0.29) is 6.54 Å². The third-order valence-corrected chi connectivity index (χ3v) is 1.39. The van der Waals surface area contributed by atoms with E-state index in [4.69, 9.17) is 5.73 Å². The summed E-state index contributed by atoms with van der Waals surface area (Å²) in [4.78, 5) is 21.8. The van der Waals surface area contributed by atoms with Crippen LogP contribution in [0.3, 0.4) is 0 Å². The molecule has 0 saturated carbocycles.